The third kappa shape index (κ3) is 5.33. The third-order valence-electron chi connectivity index (χ3n) is 3.37. The van der Waals surface area contributed by atoms with Gasteiger partial charge in [-0.15, -0.1) is 5.11 Å². The van der Waals surface area contributed by atoms with E-state index >= 15 is 0 Å². The molecule has 0 aliphatic rings. The SMILES string of the molecule is O=S(=O)(O)c1ccc(N=Nc2ccccc2N(CCO)CCO)cc1. The molecule has 0 saturated heterocycles. The van der Waals surface area contributed by atoms with Gasteiger partial charge in [-0.25, -0.2) is 0 Å². The highest BCUT2D eigenvalue weighted by Gasteiger charge is 2.10. The lowest BCUT2D eigenvalue weighted by Crippen LogP contribution is -2.29. The van der Waals surface area contributed by atoms with Crippen molar-refractivity contribution in [3.8, 4) is 0 Å². The summed E-state index contributed by atoms with van der Waals surface area (Å²) in [6.07, 6.45) is 0. The van der Waals surface area contributed by atoms with Gasteiger partial charge < -0.3 is 15.1 Å². The van der Waals surface area contributed by atoms with Crippen LogP contribution in [0.1, 0.15) is 0 Å². The van der Waals surface area contributed by atoms with Crippen LogP contribution in [-0.4, -0.2) is 49.5 Å². The van der Waals surface area contributed by atoms with Crippen LogP contribution in [-0.2, 0) is 10.1 Å². The van der Waals surface area contributed by atoms with Crippen molar-refractivity contribution in [2.24, 2.45) is 10.2 Å². The van der Waals surface area contributed by atoms with Crippen molar-refractivity contribution in [1.29, 1.82) is 0 Å². The van der Waals surface area contributed by atoms with Crippen molar-refractivity contribution >= 4 is 27.2 Å². The lowest BCUT2D eigenvalue weighted by Gasteiger charge is -2.23. The van der Waals surface area contributed by atoms with Crippen molar-refractivity contribution in [3.63, 3.8) is 0 Å². The number of benzene rings is 2. The number of azo groups is 1. The van der Waals surface area contributed by atoms with E-state index in [2.05, 4.69) is 10.2 Å². The van der Waals surface area contributed by atoms with Crippen LogP contribution in [0.4, 0.5) is 17.1 Å². The number of anilines is 1. The Kier molecular flexibility index (Phi) is 6.59. The van der Waals surface area contributed by atoms with Gasteiger partial charge in [0.05, 0.1) is 29.5 Å². The fourth-order valence-corrected chi connectivity index (χ4v) is 2.69. The van der Waals surface area contributed by atoms with Gasteiger partial charge in [0.15, 0.2) is 0 Å². The minimum Gasteiger partial charge on any atom is -0.395 e. The number of para-hydroxylation sites is 1. The summed E-state index contributed by atoms with van der Waals surface area (Å²) in [5.74, 6) is 0. The smallest absolute Gasteiger partial charge is 0.294 e. The standard InChI is InChI=1S/C16H19N3O5S/c20-11-9-19(10-12-21)16-4-2-1-3-15(16)18-17-13-5-7-14(8-6-13)25(22,23)24/h1-8,20-21H,9-12H2,(H,22,23,24). The van der Waals surface area contributed by atoms with E-state index in [-0.39, 0.29) is 18.1 Å². The molecule has 134 valence electrons. The highest BCUT2D eigenvalue weighted by Crippen LogP contribution is 2.30. The molecule has 2 rings (SSSR count). The first-order valence-corrected chi connectivity index (χ1v) is 8.94. The Labute approximate surface area is 145 Å². The van der Waals surface area contributed by atoms with Crippen molar-refractivity contribution in [2.45, 2.75) is 4.90 Å². The molecule has 3 N–H and O–H groups in total. The number of aliphatic hydroxyl groups excluding tert-OH is 2. The summed E-state index contributed by atoms with van der Waals surface area (Å²) in [6, 6.07) is 12.5. The van der Waals surface area contributed by atoms with Gasteiger partial charge in [0.25, 0.3) is 10.1 Å². The minimum absolute atomic E-state index is 0.0669. The zero-order chi connectivity index (χ0) is 18.3. The molecule has 0 aliphatic heterocycles. The molecule has 0 atom stereocenters. The highest BCUT2D eigenvalue weighted by atomic mass is 32.2. The molecule has 0 saturated carbocycles. The first-order chi connectivity index (χ1) is 12.0. The quantitative estimate of drug-likeness (QED) is 0.486. The largest absolute Gasteiger partial charge is 0.395 e. The van der Waals surface area contributed by atoms with Crippen LogP contribution in [0, 0.1) is 0 Å². The maximum absolute atomic E-state index is 11.0. The van der Waals surface area contributed by atoms with Crippen LogP contribution in [0.25, 0.3) is 0 Å². The maximum Gasteiger partial charge on any atom is 0.294 e. The molecule has 0 bridgehead atoms. The molecule has 0 fully saturated rings. The van der Waals surface area contributed by atoms with E-state index in [1.807, 2.05) is 6.07 Å². The molecule has 0 radical (unpaired) electrons. The van der Waals surface area contributed by atoms with E-state index in [1.54, 1.807) is 23.1 Å². The summed E-state index contributed by atoms with van der Waals surface area (Å²) in [7, 11) is -4.24. The van der Waals surface area contributed by atoms with Gasteiger partial charge >= 0.3 is 0 Å². The second kappa shape index (κ2) is 8.67. The van der Waals surface area contributed by atoms with E-state index in [0.717, 1.165) is 0 Å². The summed E-state index contributed by atoms with van der Waals surface area (Å²) in [6.45, 7) is 0.553. The molecule has 2 aromatic rings. The van der Waals surface area contributed by atoms with Gasteiger partial charge in [-0.2, -0.15) is 13.5 Å². The molecular formula is C16H19N3O5S. The van der Waals surface area contributed by atoms with Crippen molar-refractivity contribution < 1.29 is 23.2 Å². The van der Waals surface area contributed by atoms with E-state index in [0.29, 0.717) is 30.2 Å². The molecule has 9 heteroatoms. The summed E-state index contributed by atoms with van der Waals surface area (Å²) in [5.41, 5.74) is 1.67. The summed E-state index contributed by atoms with van der Waals surface area (Å²) >= 11 is 0. The Hall–Kier alpha value is -2.33. The van der Waals surface area contributed by atoms with Gasteiger partial charge in [0, 0.05) is 13.1 Å². The molecule has 0 amide bonds. The molecule has 0 unspecified atom stereocenters. The molecular weight excluding hydrogens is 346 g/mol. The monoisotopic (exact) mass is 365 g/mol. The highest BCUT2D eigenvalue weighted by molar-refractivity contribution is 7.85. The average Bonchev–Trinajstić information content (AvgIpc) is 2.60. The Morgan fingerprint density at radius 3 is 2.04 bits per heavy atom. The molecule has 0 aliphatic carbocycles. The first-order valence-electron chi connectivity index (χ1n) is 7.50. The lowest BCUT2D eigenvalue weighted by atomic mass is 10.2. The summed E-state index contributed by atoms with van der Waals surface area (Å²) in [5, 5.41) is 26.6. The normalized spacial score (nSPS) is 11.8. The number of hydrogen-bond acceptors (Lipinski definition) is 7. The second-order valence-corrected chi connectivity index (χ2v) is 6.51. The van der Waals surface area contributed by atoms with E-state index < -0.39 is 10.1 Å². The molecule has 8 nitrogen and oxygen atoms in total. The summed E-state index contributed by atoms with van der Waals surface area (Å²) in [4.78, 5) is 1.57. The van der Waals surface area contributed by atoms with Crippen molar-refractivity contribution in [2.75, 3.05) is 31.2 Å². The van der Waals surface area contributed by atoms with E-state index in [9.17, 15) is 8.42 Å². The van der Waals surface area contributed by atoms with Gasteiger partial charge in [-0.3, -0.25) is 4.55 Å². The topological polar surface area (TPSA) is 123 Å². The maximum atomic E-state index is 11.0. The molecule has 0 heterocycles. The zero-order valence-electron chi connectivity index (χ0n) is 13.4. The molecule has 0 spiro atoms. The number of nitrogens with zero attached hydrogens (tertiary/aromatic N) is 3. The Morgan fingerprint density at radius 2 is 1.48 bits per heavy atom. The Morgan fingerprint density at radius 1 is 0.880 bits per heavy atom. The van der Waals surface area contributed by atoms with Crippen LogP contribution in [0.15, 0.2) is 63.7 Å². The van der Waals surface area contributed by atoms with Crippen LogP contribution < -0.4 is 4.90 Å². The van der Waals surface area contributed by atoms with Gasteiger partial charge in [-0.1, -0.05) is 12.1 Å². The van der Waals surface area contributed by atoms with Crippen LogP contribution in [0.5, 0.6) is 0 Å². The van der Waals surface area contributed by atoms with Crippen LogP contribution in [0.3, 0.4) is 0 Å². The number of hydrogen-bond donors (Lipinski definition) is 3. The van der Waals surface area contributed by atoms with E-state index in [1.165, 1.54) is 24.3 Å². The van der Waals surface area contributed by atoms with Crippen molar-refractivity contribution in [3.05, 3.63) is 48.5 Å². The van der Waals surface area contributed by atoms with Crippen LogP contribution >= 0.6 is 0 Å². The second-order valence-electron chi connectivity index (χ2n) is 5.09. The molecule has 25 heavy (non-hydrogen) atoms. The fourth-order valence-electron chi connectivity index (χ4n) is 2.21. The third-order valence-corrected chi connectivity index (χ3v) is 4.24. The zero-order valence-corrected chi connectivity index (χ0v) is 14.2. The van der Waals surface area contributed by atoms with E-state index in [4.69, 9.17) is 14.8 Å². The van der Waals surface area contributed by atoms with Crippen LogP contribution in [0.2, 0.25) is 0 Å². The Bertz CT molecular complexity index is 816. The van der Waals surface area contributed by atoms with Gasteiger partial charge in [-0.05, 0) is 36.4 Å². The van der Waals surface area contributed by atoms with Gasteiger partial charge in [0.2, 0.25) is 0 Å². The minimum atomic E-state index is -4.24. The number of aliphatic hydroxyl groups is 2. The predicted molar refractivity (Wildman–Crippen MR) is 93.3 cm³/mol. The number of rotatable bonds is 8. The average molecular weight is 365 g/mol. The molecule has 2 aromatic carbocycles. The van der Waals surface area contributed by atoms with Crippen molar-refractivity contribution in [1.82, 2.24) is 0 Å². The summed E-state index contributed by atoms with van der Waals surface area (Å²) < 4.78 is 31.0. The Balaban J connectivity index is 2.26. The predicted octanol–water partition coefficient (Wildman–Crippen LogP) is 2.14. The van der Waals surface area contributed by atoms with Gasteiger partial charge in [0.1, 0.15) is 5.69 Å². The first kappa shape index (κ1) is 19.0. The lowest BCUT2D eigenvalue weighted by molar-refractivity contribution is 0.281. The molecule has 0 aromatic heterocycles. The fraction of sp³-hybridized carbons (Fsp3) is 0.250.